The quantitative estimate of drug-likeness (QED) is 0.426. The summed E-state index contributed by atoms with van der Waals surface area (Å²) in [5.74, 6) is 0.196. The van der Waals surface area contributed by atoms with Crippen molar-refractivity contribution in [2.45, 2.75) is 20.5 Å². The molecule has 30 heavy (non-hydrogen) atoms. The van der Waals surface area contributed by atoms with Crippen molar-refractivity contribution in [1.29, 1.82) is 0 Å². The van der Waals surface area contributed by atoms with E-state index in [2.05, 4.69) is 40.8 Å². The van der Waals surface area contributed by atoms with E-state index in [9.17, 15) is 4.79 Å². The Bertz CT molecular complexity index is 1090. The van der Waals surface area contributed by atoms with Crippen LogP contribution in [-0.2, 0) is 6.61 Å². The lowest BCUT2D eigenvalue weighted by atomic mass is 10.1. The number of carboxylic acid groups (broad SMARTS) is 1. The highest BCUT2D eigenvalue weighted by molar-refractivity contribution is 9.10. The van der Waals surface area contributed by atoms with Gasteiger partial charge in [0.15, 0.2) is 11.5 Å². The van der Waals surface area contributed by atoms with Crippen molar-refractivity contribution in [3.63, 3.8) is 0 Å². The number of aryl methyl sites for hydroxylation is 2. The second-order valence-electron chi connectivity index (χ2n) is 6.85. The normalized spacial score (nSPS) is 10.9. The molecule has 0 radical (unpaired) electrons. The SMILES string of the molecule is COc1cc(C=Nc2ccc(C)c(C)c2)cc(Br)c1OCc1ccc(C(=O)O)cc1. The molecule has 0 atom stereocenters. The Morgan fingerprint density at radius 2 is 1.80 bits per heavy atom. The summed E-state index contributed by atoms with van der Waals surface area (Å²) < 4.78 is 12.2. The van der Waals surface area contributed by atoms with Crippen molar-refractivity contribution in [2.24, 2.45) is 4.99 Å². The van der Waals surface area contributed by atoms with Gasteiger partial charge < -0.3 is 14.6 Å². The number of aromatic carboxylic acids is 1. The first-order valence-electron chi connectivity index (χ1n) is 9.31. The average molecular weight is 468 g/mol. The Kier molecular flexibility index (Phi) is 6.90. The number of aliphatic imine (C=N–C) groups is 1. The number of ether oxygens (including phenoxy) is 2. The van der Waals surface area contributed by atoms with E-state index in [1.54, 1.807) is 37.6 Å². The first-order chi connectivity index (χ1) is 14.4. The van der Waals surface area contributed by atoms with Gasteiger partial charge in [-0.05, 0) is 88.4 Å². The van der Waals surface area contributed by atoms with Crippen molar-refractivity contribution < 1.29 is 19.4 Å². The lowest BCUT2D eigenvalue weighted by Crippen LogP contribution is -2.01. The summed E-state index contributed by atoms with van der Waals surface area (Å²) in [4.78, 5) is 15.5. The van der Waals surface area contributed by atoms with E-state index in [0.29, 0.717) is 11.5 Å². The number of nitrogens with zero attached hydrogens (tertiary/aromatic N) is 1. The van der Waals surface area contributed by atoms with E-state index in [1.807, 2.05) is 24.3 Å². The molecule has 1 N–H and O–H groups in total. The van der Waals surface area contributed by atoms with Gasteiger partial charge in [0.25, 0.3) is 0 Å². The largest absolute Gasteiger partial charge is 0.493 e. The van der Waals surface area contributed by atoms with Gasteiger partial charge in [-0.25, -0.2) is 4.79 Å². The zero-order valence-electron chi connectivity index (χ0n) is 17.0. The van der Waals surface area contributed by atoms with Gasteiger partial charge in [-0.3, -0.25) is 4.99 Å². The van der Waals surface area contributed by atoms with Crippen LogP contribution in [0.15, 0.2) is 64.1 Å². The maximum Gasteiger partial charge on any atom is 0.335 e. The van der Waals surface area contributed by atoms with Crippen LogP contribution >= 0.6 is 15.9 Å². The van der Waals surface area contributed by atoms with Gasteiger partial charge in [0.1, 0.15) is 6.61 Å². The Morgan fingerprint density at radius 3 is 2.43 bits per heavy atom. The van der Waals surface area contributed by atoms with Gasteiger partial charge in [0, 0.05) is 6.21 Å². The summed E-state index contributed by atoms with van der Waals surface area (Å²) in [6.45, 7) is 4.42. The van der Waals surface area contributed by atoms with Crippen molar-refractivity contribution >= 4 is 33.8 Å². The van der Waals surface area contributed by atoms with Gasteiger partial charge >= 0.3 is 5.97 Å². The molecule has 0 heterocycles. The fourth-order valence-electron chi connectivity index (χ4n) is 2.81. The fraction of sp³-hybridized carbons (Fsp3) is 0.167. The predicted octanol–water partition coefficient (Wildman–Crippen LogP) is 6.10. The first kappa shape index (κ1) is 21.6. The third-order valence-electron chi connectivity index (χ3n) is 4.69. The highest BCUT2D eigenvalue weighted by Crippen LogP contribution is 2.37. The van der Waals surface area contributed by atoms with E-state index in [-0.39, 0.29) is 12.2 Å². The molecule has 0 saturated heterocycles. The molecule has 3 rings (SSSR count). The Hall–Kier alpha value is -3.12. The third-order valence-corrected chi connectivity index (χ3v) is 5.28. The van der Waals surface area contributed by atoms with Crippen molar-refractivity contribution in [2.75, 3.05) is 7.11 Å². The second kappa shape index (κ2) is 9.59. The lowest BCUT2D eigenvalue weighted by molar-refractivity contribution is 0.0697. The molecule has 0 amide bonds. The number of hydrogen-bond acceptors (Lipinski definition) is 4. The van der Waals surface area contributed by atoms with E-state index >= 15 is 0 Å². The van der Waals surface area contributed by atoms with Crippen LogP contribution < -0.4 is 9.47 Å². The molecule has 0 unspecified atom stereocenters. The fourth-order valence-corrected chi connectivity index (χ4v) is 3.38. The molecule has 3 aromatic rings. The highest BCUT2D eigenvalue weighted by Gasteiger charge is 2.12. The maximum absolute atomic E-state index is 11.0. The molecule has 0 spiro atoms. The van der Waals surface area contributed by atoms with Crippen LogP contribution in [0, 0.1) is 13.8 Å². The van der Waals surface area contributed by atoms with Gasteiger partial charge in [-0.15, -0.1) is 0 Å². The molecule has 154 valence electrons. The number of hydrogen-bond donors (Lipinski definition) is 1. The summed E-state index contributed by atoms with van der Waals surface area (Å²) >= 11 is 3.55. The summed E-state index contributed by atoms with van der Waals surface area (Å²) in [5.41, 5.74) is 5.29. The van der Waals surface area contributed by atoms with E-state index in [4.69, 9.17) is 14.6 Å². The number of carbonyl (C=O) groups is 1. The standard InChI is InChI=1S/C24H22BrNO4/c1-15-4-9-20(10-16(15)2)26-13-18-11-21(25)23(22(12-18)29-3)30-14-17-5-7-19(8-6-17)24(27)28/h4-13H,14H2,1-3H3,(H,27,28). The van der Waals surface area contributed by atoms with Crippen LogP contribution in [0.2, 0.25) is 0 Å². The van der Waals surface area contributed by atoms with Crippen LogP contribution in [0.5, 0.6) is 11.5 Å². The molecular formula is C24H22BrNO4. The lowest BCUT2D eigenvalue weighted by Gasteiger charge is -2.13. The van der Waals surface area contributed by atoms with Crippen LogP contribution in [0.1, 0.15) is 32.6 Å². The molecule has 0 saturated carbocycles. The van der Waals surface area contributed by atoms with Gasteiger partial charge in [-0.1, -0.05) is 18.2 Å². The minimum absolute atomic E-state index is 0.241. The van der Waals surface area contributed by atoms with Crippen LogP contribution in [-0.4, -0.2) is 24.4 Å². The minimum atomic E-state index is -0.954. The van der Waals surface area contributed by atoms with Crippen molar-refractivity contribution in [1.82, 2.24) is 0 Å². The average Bonchev–Trinajstić information content (AvgIpc) is 2.73. The maximum atomic E-state index is 11.0. The number of rotatable bonds is 7. The summed E-state index contributed by atoms with van der Waals surface area (Å²) in [6.07, 6.45) is 1.78. The summed E-state index contributed by atoms with van der Waals surface area (Å²) in [6, 6.07) is 16.4. The minimum Gasteiger partial charge on any atom is -0.493 e. The molecule has 0 aromatic heterocycles. The number of benzene rings is 3. The number of methoxy groups -OCH3 is 1. The molecule has 0 aliphatic heterocycles. The number of halogens is 1. The molecular weight excluding hydrogens is 446 g/mol. The van der Waals surface area contributed by atoms with E-state index in [1.165, 1.54) is 11.1 Å². The summed E-state index contributed by atoms with van der Waals surface area (Å²) in [5, 5.41) is 8.99. The second-order valence-corrected chi connectivity index (χ2v) is 7.71. The van der Waals surface area contributed by atoms with Crippen LogP contribution in [0.3, 0.4) is 0 Å². The highest BCUT2D eigenvalue weighted by atomic mass is 79.9. The van der Waals surface area contributed by atoms with E-state index in [0.717, 1.165) is 21.3 Å². The van der Waals surface area contributed by atoms with Gasteiger partial charge in [0.2, 0.25) is 0 Å². The van der Waals surface area contributed by atoms with Crippen LogP contribution in [0.25, 0.3) is 0 Å². The van der Waals surface area contributed by atoms with Crippen LogP contribution in [0.4, 0.5) is 5.69 Å². The molecule has 6 heteroatoms. The third kappa shape index (κ3) is 5.27. The van der Waals surface area contributed by atoms with Gasteiger partial charge in [0.05, 0.1) is 22.8 Å². The Labute approximate surface area is 184 Å². The molecule has 0 bridgehead atoms. The smallest absolute Gasteiger partial charge is 0.335 e. The summed E-state index contributed by atoms with van der Waals surface area (Å²) in [7, 11) is 1.58. The zero-order chi connectivity index (χ0) is 21.7. The van der Waals surface area contributed by atoms with Crippen molar-refractivity contribution in [3.05, 3.63) is 86.9 Å². The Balaban J connectivity index is 1.77. The zero-order valence-corrected chi connectivity index (χ0v) is 18.6. The first-order valence-corrected chi connectivity index (χ1v) is 10.1. The predicted molar refractivity (Wildman–Crippen MR) is 122 cm³/mol. The molecule has 0 aliphatic rings. The molecule has 0 aliphatic carbocycles. The molecule has 5 nitrogen and oxygen atoms in total. The molecule has 0 fully saturated rings. The number of carboxylic acids is 1. The van der Waals surface area contributed by atoms with Crippen molar-refractivity contribution in [3.8, 4) is 11.5 Å². The monoisotopic (exact) mass is 467 g/mol. The van der Waals surface area contributed by atoms with Gasteiger partial charge in [-0.2, -0.15) is 0 Å². The molecule has 3 aromatic carbocycles. The topological polar surface area (TPSA) is 68.1 Å². The Morgan fingerprint density at radius 1 is 1.07 bits per heavy atom. The van der Waals surface area contributed by atoms with E-state index < -0.39 is 5.97 Å².